The summed E-state index contributed by atoms with van der Waals surface area (Å²) in [5, 5.41) is 5.67. The van der Waals surface area contributed by atoms with E-state index in [0.29, 0.717) is 38.3 Å². The fourth-order valence-electron chi connectivity index (χ4n) is 3.19. The lowest BCUT2D eigenvalue weighted by Gasteiger charge is -2.22. The monoisotopic (exact) mass is 462 g/mol. The largest absolute Gasteiger partial charge is 0.444 e. The van der Waals surface area contributed by atoms with Gasteiger partial charge in [0.1, 0.15) is 17.9 Å². The summed E-state index contributed by atoms with van der Waals surface area (Å²) in [6.07, 6.45) is 0.0722. The highest BCUT2D eigenvalue weighted by atomic mass is 16.6. The van der Waals surface area contributed by atoms with E-state index in [4.69, 9.17) is 15.2 Å². The highest BCUT2D eigenvalue weighted by molar-refractivity contribution is 6.23. The lowest BCUT2D eigenvalue weighted by molar-refractivity contribution is -0.122. The maximum atomic E-state index is 12.8. The average Bonchev–Trinajstić information content (AvgIpc) is 2.96. The Labute approximate surface area is 191 Å². The standard InChI is InChI=1S/C22H30N4O7/c1-22(2,3)33-21(31)25-9-12-32-11-8-24-14-6-7-15-16(13-14)20(30)26(19(15)29)17(18(23)28)5-4-10-27/h6-7,10,13,17,24H,4-5,8-9,11-12H2,1-3H3,(H2,23,28)(H,25,31). The van der Waals surface area contributed by atoms with Crippen molar-refractivity contribution in [2.75, 3.05) is 31.6 Å². The first kappa shape index (κ1) is 25.8. The van der Waals surface area contributed by atoms with Gasteiger partial charge in [0.2, 0.25) is 5.91 Å². The number of nitrogens with two attached hydrogens (primary N) is 1. The number of amides is 4. The van der Waals surface area contributed by atoms with Gasteiger partial charge in [-0.3, -0.25) is 19.3 Å². The van der Waals surface area contributed by atoms with Crippen LogP contribution in [0.25, 0.3) is 0 Å². The van der Waals surface area contributed by atoms with Gasteiger partial charge in [-0.05, 0) is 45.4 Å². The Morgan fingerprint density at radius 2 is 1.79 bits per heavy atom. The van der Waals surface area contributed by atoms with Gasteiger partial charge in [0.25, 0.3) is 11.8 Å². The number of carbonyl (C=O) groups is 5. The molecule has 0 saturated heterocycles. The number of aldehydes is 1. The molecule has 1 aliphatic rings. The zero-order valence-corrected chi connectivity index (χ0v) is 19.0. The second-order valence-corrected chi connectivity index (χ2v) is 8.37. The van der Waals surface area contributed by atoms with Crippen LogP contribution in [0.15, 0.2) is 18.2 Å². The number of nitrogens with one attached hydrogen (secondary N) is 2. The van der Waals surface area contributed by atoms with Crippen LogP contribution in [0, 0.1) is 0 Å². The molecule has 11 nitrogen and oxygen atoms in total. The maximum absolute atomic E-state index is 12.8. The molecule has 0 saturated carbocycles. The molecule has 0 fully saturated rings. The third kappa shape index (κ3) is 7.28. The second kappa shape index (κ2) is 11.4. The number of imide groups is 1. The van der Waals surface area contributed by atoms with Gasteiger partial charge >= 0.3 is 6.09 Å². The molecule has 2 rings (SSSR count). The predicted molar refractivity (Wildman–Crippen MR) is 119 cm³/mol. The number of ether oxygens (including phenoxy) is 2. The van der Waals surface area contributed by atoms with Gasteiger partial charge in [-0.15, -0.1) is 0 Å². The van der Waals surface area contributed by atoms with E-state index < -0.39 is 35.5 Å². The maximum Gasteiger partial charge on any atom is 0.407 e. The molecule has 0 radical (unpaired) electrons. The molecule has 1 unspecified atom stereocenters. The molecule has 0 aromatic heterocycles. The lowest BCUT2D eigenvalue weighted by atomic mass is 10.1. The summed E-state index contributed by atoms with van der Waals surface area (Å²) in [6, 6.07) is 3.49. The van der Waals surface area contributed by atoms with Crippen molar-refractivity contribution in [3.63, 3.8) is 0 Å². The highest BCUT2D eigenvalue weighted by Crippen LogP contribution is 2.28. The zero-order chi connectivity index (χ0) is 24.6. The molecule has 1 aliphatic heterocycles. The topological polar surface area (TPSA) is 157 Å². The summed E-state index contributed by atoms with van der Waals surface area (Å²) >= 11 is 0. The Bertz CT molecular complexity index is 910. The number of benzene rings is 1. The van der Waals surface area contributed by atoms with Gasteiger partial charge in [0, 0.05) is 25.2 Å². The molecule has 0 bridgehead atoms. The summed E-state index contributed by atoms with van der Waals surface area (Å²) in [5.41, 5.74) is 5.71. The Morgan fingerprint density at radius 1 is 1.12 bits per heavy atom. The molecule has 0 spiro atoms. The molecule has 33 heavy (non-hydrogen) atoms. The molecule has 1 heterocycles. The van der Waals surface area contributed by atoms with Crippen molar-refractivity contribution in [1.82, 2.24) is 10.2 Å². The Hall–Kier alpha value is -3.47. The van der Waals surface area contributed by atoms with E-state index >= 15 is 0 Å². The van der Waals surface area contributed by atoms with Gasteiger partial charge in [0.05, 0.1) is 24.3 Å². The van der Waals surface area contributed by atoms with Gasteiger partial charge in [0.15, 0.2) is 0 Å². The van der Waals surface area contributed by atoms with Crippen LogP contribution in [0.1, 0.15) is 54.3 Å². The number of hydrogen-bond donors (Lipinski definition) is 3. The molecule has 180 valence electrons. The van der Waals surface area contributed by atoms with E-state index in [-0.39, 0.29) is 24.0 Å². The van der Waals surface area contributed by atoms with E-state index in [1.54, 1.807) is 26.8 Å². The number of hydrogen-bond acceptors (Lipinski definition) is 8. The lowest BCUT2D eigenvalue weighted by Crippen LogP contribution is -2.47. The molecular weight excluding hydrogens is 432 g/mol. The van der Waals surface area contributed by atoms with Crippen molar-refractivity contribution in [1.29, 1.82) is 0 Å². The van der Waals surface area contributed by atoms with Crippen molar-refractivity contribution < 1.29 is 33.4 Å². The fraction of sp³-hybridized carbons (Fsp3) is 0.500. The number of primary amides is 1. The van der Waals surface area contributed by atoms with Gasteiger partial charge < -0.3 is 30.6 Å². The summed E-state index contributed by atoms with van der Waals surface area (Å²) in [7, 11) is 0. The first-order chi connectivity index (χ1) is 15.5. The number of nitrogens with zero attached hydrogens (tertiary/aromatic N) is 1. The third-order valence-electron chi connectivity index (χ3n) is 4.61. The summed E-state index contributed by atoms with van der Waals surface area (Å²) in [5.74, 6) is -2.09. The number of rotatable bonds is 12. The van der Waals surface area contributed by atoms with Crippen molar-refractivity contribution in [2.45, 2.75) is 45.3 Å². The molecule has 1 aromatic rings. The Kier molecular flexibility index (Phi) is 8.92. The van der Waals surface area contributed by atoms with Crippen LogP contribution in [0.4, 0.5) is 10.5 Å². The van der Waals surface area contributed by atoms with Crippen LogP contribution < -0.4 is 16.4 Å². The number of alkyl carbamates (subject to hydrolysis) is 1. The van der Waals surface area contributed by atoms with Crippen molar-refractivity contribution in [2.24, 2.45) is 5.73 Å². The minimum absolute atomic E-state index is 0.00110. The molecule has 4 N–H and O–H groups in total. The summed E-state index contributed by atoms with van der Waals surface area (Å²) in [4.78, 5) is 60.2. The van der Waals surface area contributed by atoms with Crippen LogP contribution in [0.3, 0.4) is 0 Å². The minimum Gasteiger partial charge on any atom is -0.444 e. The van der Waals surface area contributed by atoms with Gasteiger partial charge in [-0.25, -0.2) is 4.79 Å². The smallest absolute Gasteiger partial charge is 0.407 e. The molecule has 1 atom stereocenters. The molecule has 11 heteroatoms. The van der Waals surface area contributed by atoms with Crippen molar-refractivity contribution >= 4 is 35.8 Å². The van der Waals surface area contributed by atoms with Crippen LogP contribution >= 0.6 is 0 Å². The first-order valence-corrected chi connectivity index (χ1v) is 10.6. The predicted octanol–water partition coefficient (Wildman–Crippen LogP) is 1.07. The summed E-state index contributed by atoms with van der Waals surface area (Å²) < 4.78 is 10.6. The normalized spacial score (nSPS) is 14.0. The molecule has 1 aromatic carbocycles. The minimum atomic E-state index is -1.18. The average molecular weight is 463 g/mol. The van der Waals surface area contributed by atoms with E-state index in [9.17, 15) is 24.0 Å². The Morgan fingerprint density at radius 3 is 2.42 bits per heavy atom. The van der Waals surface area contributed by atoms with Crippen LogP contribution in [-0.4, -0.2) is 72.9 Å². The molecular formula is C22H30N4O7. The van der Waals surface area contributed by atoms with Gasteiger partial charge in [-0.1, -0.05) is 0 Å². The third-order valence-corrected chi connectivity index (χ3v) is 4.61. The van der Waals surface area contributed by atoms with E-state index in [1.807, 2.05) is 0 Å². The van der Waals surface area contributed by atoms with Crippen LogP contribution in [-0.2, 0) is 19.1 Å². The van der Waals surface area contributed by atoms with E-state index in [1.165, 1.54) is 12.1 Å². The fourth-order valence-corrected chi connectivity index (χ4v) is 3.19. The van der Waals surface area contributed by atoms with Crippen LogP contribution in [0.5, 0.6) is 0 Å². The molecule has 4 amide bonds. The quantitative estimate of drug-likeness (QED) is 0.236. The summed E-state index contributed by atoms with van der Waals surface area (Å²) in [6.45, 7) is 6.67. The Balaban J connectivity index is 1.83. The van der Waals surface area contributed by atoms with Crippen molar-refractivity contribution in [3.8, 4) is 0 Å². The van der Waals surface area contributed by atoms with E-state index in [0.717, 1.165) is 4.90 Å². The number of fused-ring (bicyclic) bond motifs is 1. The van der Waals surface area contributed by atoms with Crippen molar-refractivity contribution in [3.05, 3.63) is 29.3 Å². The first-order valence-electron chi connectivity index (χ1n) is 10.6. The second-order valence-electron chi connectivity index (χ2n) is 8.37. The van der Waals surface area contributed by atoms with Crippen LogP contribution in [0.2, 0.25) is 0 Å². The highest BCUT2D eigenvalue weighted by Gasteiger charge is 2.42. The molecule has 0 aliphatic carbocycles. The number of carbonyl (C=O) groups excluding carboxylic acids is 5. The van der Waals surface area contributed by atoms with E-state index in [2.05, 4.69) is 10.6 Å². The SMILES string of the molecule is CC(C)(C)OC(=O)NCCOCCNc1ccc2c(c1)C(=O)N(C(CCC=O)C(N)=O)C2=O. The number of anilines is 1. The zero-order valence-electron chi connectivity index (χ0n) is 19.0. The van der Waals surface area contributed by atoms with Gasteiger partial charge in [-0.2, -0.15) is 0 Å².